The summed E-state index contributed by atoms with van der Waals surface area (Å²) < 4.78 is 5.53. The summed E-state index contributed by atoms with van der Waals surface area (Å²) in [7, 11) is 1.55. The summed E-state index contributed by atoms with van der Waals surface area (Å²) >= 11 is 0. The molecule has 1 fully saturated rings. The van der Waals surface area contributed by atoms with E-state index in [2.05, 4.69) is 10.3 Å². The van der Waals surface area contributed by atoms with Gasteiger partial charge in [0.1, 0.15) is 23.2 Å². The minimum Gasteiger partial charge on any atom is -0.508 e. The zero-order valence-corrected chi connectivity index (χ0v) is 17.3. The van der Waals surface area contributed by atoms with Gasteiger partial charge < -0.3 is 25.8 Å². The number of nitrogens with one attached hydrogen (secondary N) is 2. The lowest BCUT2D eigenvalue weighted by Crippen LogP contribution is -2.28. The normalized spacial score (nSPS) is 13.4. The van der Waals surface area contributed by atoms with Gasteiger partial charge in [0.15, 0.2) is 0 Å². The van der Waals surface area contributed by atoms with Crippen LogP contribution >= 0.6 is 0 Å². The van der Waals surface area contributed by atoms with Crippen molar-refractivity contribution >= 4 is 28.3 Å². The number of amidine groups is 1. The Labute approximate surface area is 180 Å². The summed E-state index contributed by atoms with van der Waals surface area (Å²) in [6.45, 7) is 1.83. The van der Waals surface area contributed by atoms with E-state index in [1.54, 1.807) is 25.4 Å². The number of nitrogen functional groups attached to an aromatic ring is 1. The SMILES string of the molecule is COc1cc2c(NCc3cc(C(=N)N)ccc3O)nccc2cc1C(=O)N1CCCC1. The molecule has 0 atom stereocenters. The molecule has 8 nitrogen and oxygen atoms in total. The first-order valence-corrected chi connectivity index (χ1v) is 10.1. The van der Waals surface area contributed by atoms with Crippen LogP contribution in [0.2, 0.25) is 0 Å². The van der Waals surface area contributed by atoms with Crippen LogP contribution in [0.25, 0.3) is 10.8 Å². The molecule has 1 amide bonds. The number of carbonyl (C=O) groups is 1. The Hall–Kier alpha value is -3.81. The van der Waals surface area contributed by atoms with E-state index in [4.69, 9.17) is 15.9 Å². The summed E-state index contributed by atoms with van der Waals surface area (Å²) in [5, 5.41) is 22.6. The van der Waals surface area contributed by atoms with Crippen molar-refractivity contribution in [2.75, 3.05) is 25.5 Å². The Balaban J connectivity index is 1.66. The Morgan fingerprint density at radius 3 is 2.74 bits per heavy atom. The first kappa shape index (κ1) is 20.5. The van der Waals surface area contributed by atoms with Crippen molar-refractivity contribution in [1.29, 1.82) is 5.41 Å². The Morgan fingerprint density at radius 1 is 1.26 bits per heavy atom. The third-order valence-corrected chi connectivity index (χ3v) is 5.54. The van der Waals surface area contributed by atoms with Gasteiger partial charge in [0, 0.05) is 42.3 Å². The number of benzene rings is 2. The molecule has 1 aliphatic rings. The molecule has 0 spiro atoms. The number of nitrogens with two attached hydrogens (primary N) is 1. The van der Waals surface area contributed by atoms with Crippen LogP contribution in [0, 0.1) is 5.41 Å². The van der Waals surface area contributed by atoms with Gasteiger partial charge in [0.05, 0.1) is 12.7 Å². The number of hydrogen-bond acceptors (Lipinski definition) is 6. The molecule has 3 aromatic rings. The number of nitrogens with zero attached hydrogens (tertiary/aromatic N) is 2. The number of hydrogen-bond donors (Lipinski definition) is 4. The van der Waals surface area contributed by atoms with Crippen LogP contribution < -0.4 is 15.8 Å². The van der Waals surface area contributed by atoms with E-state index >= 15 is 0 Å². The number of methoxy groups -OCH3 is 1. The van der Waals surface area contributed by atoms with Gasteiger partial charge in [0.25, 0.3) is 5.91 Å². The zero-order chi connectivity index (χ0) is 22.0. The summed E-state index contributed by atoms with van der Waals surface area (Å²) in [5.74, 6) is 1.12. The lowest BCUT2D eigenvalue weighted by molar-refractivity contribution is 0.0789. The molecule has 0 unspecified atom stereocenters. The molecule has 0 bridgehead atoms. The second-order valence-corrected chi connectivity index (χ2v) is 7.54. The van der Waals surface area contributed by atoms with Crippen LogP contribution in [-0.4, -0.2) is 46.9 Å². The van der Waals surface area contributed by atoms with Gasteiger partial charge in [-0.05, 0) is 54.6 Å². The van der Waals surface area contributed by atoms with Crippen molar-refractivity contribution in [1.82, 2.24) is 9.88 Å². The predicted molar refractivity (Wildman–Crippen MR) is 120 cm³/mol. The van der Waals surface area contributed by atoms with E-state index < -0.39 is 0 Å². The number of aromatic hydroxyl groups is 1. The summed E-state index contributed by atoms with van der Waals surface area (Å²) in [5.41, 5.74) is 7.23. The number of fused-ring (bicyclic) bond motifs is 1. The quantitative estimate of drug-likeness (QED) is 0.359. The number of aromatic nitrogens is 1. The molecule has 31 heavy (non-hydrogen) atoms. The lowest BCUT2D eigenvalue weighted by atomic mass is 10.1. The summed E-state index contributed by atoms with van der Waals surface area (Å²) in [6, 6.07) is 10.3. The molecule has 1 aromatic heterocycles. The molecule has 2 aromatic carbocycles. The molecule has 0 radical (unpaired) electrons. The highest BCUT2D eigenvalue weighted by Crippen LogP contribution is 2.31. The third kappa shape index (κ3) is 4.09. The minimum atomic E-state index is -0.0653. The second-order valence-electron chi connectivity index (χ2n) is 7.54. The highest BCUT2D eigenvalue weighted by atomic mass is 16.5. The Bertz CT molecular complexity index is 1160. The fourth-order valence-corrected chi connectivity index (χ4v) is 3.84. The first-order valence-electron chi connectivity index (χ1n) is 10.1. The number of ether oxygens (including phenoxy) is 1. The number of rotatable bonds is 6. The molecule has 8 heteroatoms. The van der Waals surface area contributed by atoms with E-state index in [0.717, 1.165) is 36.7 Å². The molecule has 1 saturated heterocycles. The van der Waals surface area contributed by atoms with Crippen LogP contribution in [0.1, 0.15) is 34.3 Å². The van der Waals surface area contributed by atoms with Gasteiger partial charge in [-0.25, -0.2) is 4.98 Å². The maximum absolute atomic E-state index is 12.9. The summed E-state index contributed by atoms with van der Waals surface area (Å²) in [4.78, 5) is 19.2. The smallest absolute Gasteiger partial charge is 0.257 e. The van der Waals surface area contributed by atoms with E-state index in [1.165, 1.54) is 6.07 Å². The van der Waals surface area contributed by atoms with Gasteiger partial charge >= 0.3 is 0 Å². The Morgan fingerprint density at radius 2 is 2.03 bits per heavy atom. The van der Waals surface area contributed by atoms with Gasteiger partial charge in [-0.15, -0.1) is 0 Å². The summed E-state index contributed by atoms with van der Waals surface area (Å²) in [6.07, 6.45) is 3.72. The largest absolute Gasteiger partial charge is 0.508 e. The van der Waals surface area contributed by atoms with E-state index in [-0.39, 0.29) is 24.0 Å². The zero-order valence-electron chi connectivity index (χ0n) is 17.3. The maximum atomic E-state index is 12.9. The van der Waals surface area contributed by atoms with E-state index in [9.17, 15) is 9.90 Å². The number of carbonyl (C=O) groups excluding carboxylic acids is 1. The molecule has 0 saturated carbocycles. The molecule has 1 aliphatic heterocycles. The van der Waals surface area contributed by atoms with Gasteiger partial charge in [-0.2, -0.15) is 0 Å². The lowest BCUT2D eigenvalue weighted by Gasteiger charge is -2.18. The van der Waals surface area contributed by atoms with Crippen molar-refractivity contribution in [2.45, 2.75) is 19.4 Å². The van der Waals surface area contributed by atoms with Crippen molar-refractivity contribution in [3.8, 4) is 11.5 Å². The van der Waals surface area contributed by atoms with Crippen LogP contribution in [0.4, 0.5) is 5.82 Å². The number of likely N-dealkylation sites (tertiary alicyclic amines) is 1. The monoisotopic (exact) mass is 419 g/mol. The molecule has 160 valence electrons. The van der Waals surface area contributed by atoms with Crippen LogP contribution in [0.5, 0.6) is 11.5 Å². The predicted octanol–water partition coefficient (Wildman–Crippen LogP) is 3.08. The van der Waals surface area contributed by atoms with Crippen molar-refractivity contribution in [3.05, 3.63) is 59.3 Å². The van der Waals surface area contributed by atoms with Crippen molar-refractivity contribution in [2.24, 2.45) is 5.73 Å². The highest BCUT2D eigenvalue weighted by molar-refractivity contribution is 6.04. The number of phenolic OH excluding ortho intramolecular Hbond substituents is 1. The average molecular weight is 419 g/mol. The molecule has 0 aliphatic carbocycles. The number of phenols is 1. The minimum absolute atomic E-state index is 0.0199. The molecule has 2 heterocycles. The Kier molecular flexibility index (Phi) is 5.62. The van der Waals surface area contributed by atoms with Crippen molar-refractivity contribution < 1.29 is 14.6 Å². The van der Waals surface area contributed by atoms with Crippen LogP contribution in [0.15, 0.2) is 42.6 Å². The van der Waals surface area contributed by atoms with E-state index in [0.29, 0.717) is 28.3 Å². The number of pyridine rings is 1. The topological polar surface area (TPSA) is 125 Å². The standard InChI is InChI=1S/C23H25N5O3/c1-31-20-12-17-14(11-18(20)23(30)28-8-2-3-9-28)6-7-26-22(17)27-13-16-10-15(21(24)25)4-5-19(16)29/h4-7,10-12,29H,2-3,8-9,13H2,1H3,(H3,24,25)(H,26,27). The van der Waals surface area contributed by atoms with Crippen molar-refractivity contribution in [3.63, 3.8) is 0 Å². The third-order valence-electron chi connectivity index (χ3n) is 5.54. The fourth-order valence-electron chi connectivity index (χ4n) is 3.84. The highest BCUT2D eigenvalue weighted by Gasteiger charge is 2.23. The fraction of sp³-hybridized carbons (Fsp3) is 0.261. The molecular weight excluding hydrogens is 394 g/mol. The van der Waals surface area contributed by atoms with Crippen LogP contribution in [-0.2, 0) is 6.54 Å². The average Bonchev–Trinajstić information content (AvgIpc) is 3.32. The number of amides is 1. The molecular formula is C23H25N5O3. The maximum Gasteiger partial charge on any atom is 0.257 e. The first-order chi connectivity index (χ1) is 15.0. The molecule has 4 rings (SSSR count). The van der Waals surface area contributed by atoms with E-state index in [1.807, 2.05) is 23.1 Å². The van der Waals surface area contributed by atoms with Gasteiger partial charge in [-0.3, -0.25) is 10.2 Å². The molecule has 5 N–H and O–H groups in total. The van der Waals surface area contributed by atoms with Gasteiger partial charge in [0.2, 0.25) is 0 Å². The van der Waals surface area contributed by atoms with Gasteiger partial charge in [-0.1, -0.05) is 0 Å². The van der Waals surface area contributed by atoms with Crippen LogP contribution in [0.3, 0.4) is 0 Å². The number of anilines is 1. The second kappa shape index (κ2) is 8.51.